The molecule has 1 aromatic carbocycles. The Hall–Kier alpha value is -0.870. The van der Waals surface area contributed by atoms with E-state index in [9.17, 15) is 8.42 Å². The zero-order chi connectivity index (χ0) is 15.6. The minimum atomic E-state index is -2.88. The van der Waals surface area contributed by atoms with Crippen molar-refractivity contribution in [3.63, 3.8) is 0 Å². The van der Waals surface area contributed by atoms with Crippen molar-refractivity contribution in [1.82, 2.24) is 0 Å². The summed E-state index contributed by atoms with van der Waals surface area (Å²) in [5.74, 6) is 0.607. The highest BCUT2D eigenvalue weighted by Gasteiger charge is 2.34. The van der Waals surface area contributed by atoms with Crippen molar-refractivity contribution in [1.29, 1.82) is 0 Å². The third-order valence-electron chi connectivity index (χ3n) is 4.69. The van der Waals surface area contributed by atoms with Gasteiger partial charge in [-0.3, -0.25) is 0 Å². The van der Waals surface area contributed by atoms with Crippen LogP contribution < -0.4 is 5.73 Å². The highest BCUT2D eigenvalue weighted by Crippen LogP contribution is 2.34. The van der Waals surface area contributed by atoms with E-state index in [1.807, 2.05) is 0 Å². The van der Waals surface area contributed by atoms with Crippen molar-refractivity contribution in [2.24, 2.45) is 11.7 Å². The fourth-order valence-corrected chi connectivity index (χ4v) is 5.27. The summed E-state index contributed by atoms with van der Waals surface area (Å²) >= 11 is 0. The first-order chi connectivity index (χ1) is 9.91. The largest absolute Gasteiger partial charge is 0.324 e. The van der Waals surface area contributed by atoms with Crippen molar-refractivity contribution in [2.75, 3.05) is 11.5 Å². The zero-order valence-corrected chi connectivity index (χ0v) is 14.2. The van der Waals surface area contributed by atoms with Gasteiger partial charge in [-0.05, 0) is 53.9 Å². The standard InChI is InChI=1S/C17H27NO2S/c1-4-12-9-13(5-2)16(14(6-3)10-12)17(18)15-7-8-21(19,20)11-15/h9-10,15,17H,4-8,11,18H2,1-3H3. The summed E-state index contributed by atoms with van der Waals surface area (Å²) in [6.45, 7) is 6.46. The molecule has 1 aromatic rings. The summed E-state index contributed by atoms with van der Waals surface area (Å²) in [6.07, 6.45) is 3.62. The van der Waals surface area contributed by atoms with Gasteiger partial charge in [0.15, 0.2) is 9.84 Å². The molecule has 2 N–H and O–H groups in total. The van der Waals surface area contributed by atoms with E-state index in [1.54, 1.807) is 0 Å². The van der Waals surface area contributed by atoms with Crippen LogP contribution in [0.1, 0.15) is 55.5 Å². The molecule has 0 amide bonds. The van der Waals surface area contributed by atoms with Gasteiger partial charge in [-0.2, -0.15) is 0 Å². The van der Waals surface area contributed by atoms with Gasteiger partial charge in [0.2, 0.25) is 0 Å². The predicted octanol–water partition coefficient (Wildman–Crippen LogP) is 2.81. The predicted molar refractivity (Wildman–Crippen MR) is 88.3 cm³/mol. The maximum Gasteiger partial charge on any atom is 0.150 e. The van der Waals surface area contributed by atoms with Gasteiger partial charge >= 0.3 is 0 Å². The lowest BCUT2D eigenvalue weighted by Gasteiger charge is -2.25. The molecule has 0 aliphatic carbocycles. The molecule has 1 saturated heterocycles. The van der Waals surface area contributed by atoms with Gasteiger partial charge in [0.05, 0.1) is 11.5 Å². The van der Waals surface area contributed by atoms with Gasteiger partial charge in [0.1, 0.15) is 0 Å². The minimum Gasteiger partial charge on any atom is -0.324 e. The molecular formula is C17H27NO2S. The highest BCUT2D eigenvalue weighted by atomic mass is 32.2. The second-order valence-electron chi connectivity index (χ2n) is 6.08. The van der Waals surface area contributed by atoms with E-state index in [2.05, 4.69) is 32.9 Å². The van der Waals surface area contributed by atoms with E-state index in [0.717, 1.165) is 19.3 Å². The van der Waals surface area contributed by atoms with Gasteiger partial charge in [-0.1, -0.05) is 32.9 Å². The molecule has 0 spiro atoms. The van der Waals surface area contributed by atoms with Crippen molar-refractivity contribution in [3.8, 4) is 0 Å². The molecule has 21 heavy (non-hydrogen) atoms. The Bertz CT molecular complexity index is 582. The van der Waals surface area contributed by atoms with Crippen LogP contribution in [0.5, 0.6) is 0 Å². The Balaban J connectivity index is 2.42. The Kier molecular flexibility index (Phi) is 5.10. The van der Waals surface area contributed by atoms with Crippen LogP contribution in [0, 0.1) is 5.92 Å². The first kappa shape index (κ1) is 16.5. The second kappa shape index (κ2) is 6.49. The molecule has 1 aliphatic heterocycles. The van der Waals surface area contributed by atoms with Gasteiger partial charge in [-0.25, -0.2) is 8.42 Å². The molecular weight excluding hydrogens is 282 g/mol. The number of aryl methyl sites for hydroxylation is 3. The summed E-state index contributed by atoms with van der Waals surface area (Å²) in [5, 5.41) is 0. The fourth-order valence-electron chi connectivity index (χ4n) is 3.41. The van der Waals surface area contributed by atoms with Crippen molar-refractivity contribution >= 4 is 9.84 Å². The maximum atomic E-state index is 11.7. The second-order valence-corrected chi connectivity index (χ2v) is 8.31. The maximum absolute atomic E-state index is 11.7. The van der Waals surface area contributed by atoms with Gasteiger partial charge in [0.25, 0.3) is 0 Å². The average Bonchev–Trinajstić information content (AvgIpc) is 2.85. The van der Waals surface area contributed by atoms with Crippen LogP contribution >= 0.6 is 0 Å². The van der Waals surface area contributed by atoms with Crippen molar-refractivity contribution < 1.29 is 8.42 Å². The summed E-state index contributed by atoms with van der Waals surface area (Å²) in [4.78, 5) is 0. The van der Waals surface area contributed by atoms with Gasteiger partial charge in [-0.15, -0.1) is 0 Å². The molecule has 3 nitrogen and oxygen atoms in total. The van der Waals surface area contributed by atoms with Crippen LogP contribution in [0.4, 0.5) is 0 Å². The smallest absolute Gasteiger partial charge is 0.150 e. The zero-order valence-electron chi connectivity index (χ0n) is 13.4. The number of nitrogens with two attached hydrogens (primary N) is 1. The molecule has 2 atom stereocenters. The molecule has 0 saturated carbocycles. The lowest BCUT2D eigenvalue weighted by Crippen LogP contribution is -2.25. The summed E-state index contributed by atoms with van der Waals surface area (Å²) < 4.78 is 23.5. The lowest BCUT2D eigenvalue weighted by atomic mass is 9.84. The molecule has 4 heteroatoms. The quantitative estimate of drug-likeness (QED) is 0.910. The number of rotatable bonds is 5. The summed E-state index contributed by atoms with van der Waals surface area (Å²) in [6, 6.07) is 4.34. The third-order valence-corrected chi connectivity index (χ3v) is 6.48. The number of benzene rings is 1. The van der Waals surface area contributed by atoms with E-state index >= 15 is 0 Å². The summed E-state index contributed by atoms with van der Waals surface area (Å²) in [7, 11) is -2.88. The molecule has 118 valence electrons. The Morgan fingerprint density at radius 2 is 1.71 bits per heavy atom. The van der Waals surface area contributed by atoms with E-state index in [4.69, 9.17) is 5.73 Å². The molecule has 1 heterocycles. The molecule has 0 radical (unpaired) electrons. The SMILES string of the molecule is CCc1cc(CC)c(C(N)C2CCS(=O)(=O)C2)c(CC)c1. The van der Waals surface area contributed by atoms with Crippen LogP contribution in [0.15, 0.2) is 12.1 Å². The Morgan fingerprint density at radius 1 is 1.14 bits per heavy atom. The average molecular weight is 309 g/mol. The number of hydrogen-bond donors (Lipinski definition) is 1. The topological polar surface area (TPSA) is 60.2 Å². The molecule has 2 unspecified atom stereocenters. The van der Waals surface area contributed by atoms with Gasteiger partial charge in [0, 0.05) is 6.04 Å². The molecule has 1 aliphatic rings. The van der Waals surface area contributed by atoms with Crippen molar-refractivity contribution in [3.05, 3.63) is 34.4 Å². The van der Waals surface area contributed by atoms with Crippen LogP contribution in [0.2, 0.25) is 0 Å². The van der Waals surface area contributed by atoms with E-state index < -0.39 is 9.84 Å². The normalized spacial score (nSPS) is 22.4. The van der Waals surface area contributed by atoms with Crippen LogP contribution in [-0.4, -0.2) is 19.9 Å². The molecule has 0 aromatic heterocycles. The third kappa shape index (κ3) is 3.49. The number of sulfone groups is 1. The first-order valence-corrected chi connectivity index (χ1v) is 9.84. The number of hydrogen-bond acceptors (Lipinski definition) is 3. The molecule has 1 fully saturated rings. The van der Waals surface area contributed by atoms with Crippen LogP contribution in [-0.2, 0) is 29.1 Å². The Morgan fingerprint density at radius 3 is 2.10 bits per heavy atom. The van der Waals surface area contributed by atoms with Crippen LogP contribution in [0.3, 0.4) is 0 Å². The first-order valence-electron chi connectivity index (χ1n) is 8.02. The fraction of sp³-hybridized carbons (Fsp3) is 0.647. The minimum absolute atomic E-state index is 0.0677. The highest BCUT2D eigenvalue weighted by molar-refractivity contribution is 7.91. The van der Waals surface area contributed by atoms with Gasteiger partial charge < -0.3 is 5.73 Å². The van der Waals surface area contributed by atoms with Crippen molar-refractivity contribution in [2.45, 2.75) is 52.5 Å². The van der Waals surface area contributed by atoms with E-state index in [1.165, 1.54) is 22.3 Å². The molecule has 0 bridgehead atoms. The Labute approximate surface area is 128 Å². The van der Waals surface area contributed by atoms with E-state index in [-0.39, 0.29) is 17.7 Å². The lowest BCUT2D eigenvalue weighted by molar-refractivity contribution is 0.474. The van der Waals surface area contributed by atoms with E-state index in [0.29, 0.717) is 12.2 Å². The summed E-state index contributed by atoms with van der Waals surface area (Å²) in [5.41, 5.74) is 11.6. The molecule has 2 rings (SSSR count). The van der Waals surface area contributed by atoms with Crippen LogP contribution in [0.25, 0.3) is 0 Å². The monoisotopic (exact) mass is 309 g/mol.